The maximum Gasteiger partial charge on any atom is 0.472 e. The zero-order valence-corrected chi connectivity index (χ0v) is 13.2. The topological polar surface area (TPSA) is 102 Å². The quantitative estimate of drug-likeness (QED) is 0.540. The molecule has 0 heterocycles. The maximum absolute atomic E-state index is 13.7. The van der Waals surface area contributed by atoms with Crippen molar-refractivity contribution in [2.75, 3.05) is 14.2 Å². The minimum Gasteiger partial charge on any atom is -0.376 e. The minimum absolute atomic E-state index is 0.0921. The lowest BCUT2D eigenvalue weighted by Gasteiger charge is -2.44. The first kappa shape index (κ1) is 18.7. The molecular weight excluding hydrogens is 306 g/mol. The van der Waals surface area contributed by atoms with Crippen molar-refractivity contribution in [1.29, 1.82) is 0 Å². The van der Waals surface area contributed by atoms with Crippen molar-refractivity contribution >= 4 is 13.6 Å². The number of hydrogen-bond acceptors (Lipinski definition) is 5. The SMILES string of the molecule is CCC(OC)C(OC)(OP(=O)(O)O)C1CCCC(F)C1=O. The maximum atomic E-state index is 13.7. The molecule has 0 amide bonds. The highest BCUT2D eigenvalue weighted by Crippen LogP contribution is 2.49. The van der Waals surface area contributed by atoms with E-state index < -0.39 is 37.6 Å². The van der Waals surface area contributed by atoms with Crippen LogP contribution in [0.2, 0.25) is 0 Å². The van der Waals surface area contributed by atoms with Gasteiger partial charge in [-0.05, 0) is 25.7 Å². The van der Waals surface area contributed by atoms with E-state index in [1.54, 1.807) is 6.92 Å². The van der Waals surface area contributed by atoms with Gasteiger partial charge in [0.25, 0.3) is 0 Å². The summed E-state index contributed by atoms with van der Waals surface area (Å²) in [7, 11) is -2.51. The second-order valence-electron chi connectivity index (χ2n) is 4.99. The van der Waals surface area contributed by atoms with E-state index in [0.717, 1.165) is 7.11 Å². The Kier molecular flexibility index (Phi) is 6.46. The number of phosphoric ester groups is 1. The number of ether oxygens (including phenoxy) is 2. The zero-order chi connectivity index (χ0) is 16.3. The first-order chi connectivity index (χ1) is 9.71. The Morgan fingerprint density at radius 1 is 1.43 bits per heavy atom. The van der Waals surface area contributed by atoms with Gasteiger partial charge in [-0.3, -0.25) is 9.32 Å². The number of carbonyl (C=O) groups is 1. The monoisotopic (exact) mass is 328 g/mol. The van der Waals surface area contributed by atoms with Crippen LogP contribution in [0.25, 0.3) is 0 Å². The van der Waals surface area contributed by atoms with Gasteiger partial charge in [-0.1, -0.05) is 6.92 Å². The predicted octanol–water partition coefficient (Wildman–Crippen LogP) is 1.57. The molecule has 1 aliphatic carbocycles. The number of Topliss-reactive ketones (excluding diaryl/α,β-unsaturated/α-hetero) is 1. The predicted molar refractivity (Wildman–Crippen MR) is 71.2 cm³/mol. The average molecular weight is 328 g/mol. The first-order valence-electron chi connectivity index (χ1n) is 6.73. The highest BCUT2D eigenvalue weighted by Gasteiger charge is 2.56. The molecule has 0 aromatic heterocycles. The van der Waals surface area contributed by atoms with Crippen LogP contribution in [-0.4, -0.2) is 47.9 Å². The lowest BCUT2D eigenvalue weighted by Crippen LogP contribution is -2.57. The third-order valence-electron chi connectivity index (χ3n) is 3.77. The normalized spacial score (nSPS) is 28.2. The molecule has 4 atom stereocenters. The molecule has 4 unspecified atom stereocenters. The Bertz CT molecular complexity index is 408. The van der Waals surface area contributed by atoms with Gasteiger partial charge in [0.2, 0.25) is 5.79 Å². The molecule has 0 aromatic carbocycles. The van der Waals surface area contributed by atoms with Crippen LogP contribution in [0.15, 0.2) is 0 Å². The Morgan fingerprint density at radius 3 is 2.48 bits per heavy atom. The van der Waals surface area contributed by atoms with Gasteiger partial charge >= 0.3 is 7.82 Å². The minimum atomic E-state index is -4.98. The van der Waals surface area contributed by atoms with Crippen LogP contribution in [0.1, 0.15) is 32.6 Å². The van der Waals surface area contributed by atoms with Gasteiger partial charge in [0.15, 0.2) is 12.0 Å². The fourth-order valence-electron chi connectivity index (χ4n) is 2.86. The molecule has 9 heteroatoms. The van der Waals surface area contributed by atoms with Crippen LogP contribution >= 0.6 is 7.82 Å². The molecule has 0 spiro atoms. The van der Waals surface area contributed by atoms with Crippen LogP contribution in [-0.2, 0) is 23.4 Å². The molecule has 7 nitrogen and oxygen atoms in total. The van der Waals surface area contributed by atoms with Gasteiger partial charge in [0.1, 0.15) is 6.10 Å². The highest BCUT2D eigenvalue weighted by atomic mass is 31.2. The van der Waals surface area contributed by atoms with E-state index in [9.17, 15) is 13.8 Å². The number of phosphoric acid groups is 1. The number of methoxy groups -OCH3 is 2. The van der Waals surface area contributed by atoms with Crippen molar-refractivity contribution in [1.82, 2.24) is 0 Å². The van der Waals surface area contributed by atoms with E-state index in [-0.39, 0.29) is 19.3 Å². The third kappa shape index (κ3) is 4.09. The van der Waals surface area contributed by atoms with Gasteiger partial charge in [-0.15, -0.1) is 0 Å². The van der Waals surface area contributed by atoms with Crippen molar-refractivity contribution < 1.29 is 37.5 Å². The average Bonchev–Trinajstić information content (AvgIpc) is 2.40. The fraction of sp³-hybridized carbons (Fsp3) is 0.917. The summed E-state index contributed by atoms with van der Waals surface area (Å²) in [5, 5.41) is 0. The molecule has 1 rings (SSSR count). The van der Waals surface area contributed by atoms with Crippen LogP contribution < -0.4 is 0 Å². The molecular formula is C12H22FO7P. The van der Waals surface area contributed by atoms with Crippen molar-refractivity contribution in [2.24, 2.45) is 5.92 Å². The van der Waals surface area contributed by atoms with E-state index in [1.165, 1.54) is 7.11 Å². The lowest BCUT2D eigenvalue weighted by atomic mass is 9.78. The van der Waals surface area contributed by atoms with Crippen LogP contribution in [0.4, 0.5) is 4.39 Å². The van der Waals surface area contributed by atoms with E-state index >= 15 is 0 Å². The molecule has 0 bridgehead atoms. The van der Waals surface area contributed by atoms with E-state index in [2.05, 4.69) is 0 Å². The second-order valence-corrected chi connectivity index (χ2v) is 6.16. The number of halogens is 1. The summed E-state index contributed by atoms with van der Waals surface area (Å²) < 4.78 is 40.2. The van der Waals surface area contributed by atoms with Gasteiger partial charge in [-0.25, -0.2) is 8.96 Å². The molecule has 1 fully saturated rings. The van der Waals surface area contributed by atoms with Crippen molar-refractivity contribution in [3.63, 3.8) is 0 Å². The third-order valence-corrected chi connectivity index (χ3v) is 4.30. The number of alkyl halides is 1. The lowest BCUT2D eigenvalue weighted by molar-refractivity contribution is -0.267. The number of carbonyl (C=O) groups excluding carboxylic acids is 1. The van der Waals surface area contributed by atoms with Gasteiger partial charge in [-0.2, -0.15) is 0 Å². The summed E-state index contributed by atoms with van der Waals surface area (Å²) in [6, 6.07) is 0. The Morgan fingerprint density at radius 2 is 2.05 bits per heavy atom. The Hall–Kier alpha value is -0.370. The molecule has 0 saturated heterocycles. The second kappa shape index (κ2) is 7.26. The molecule has 0 radical (unpaired) electrons. The molecule has 0 aromatic rings. The largest absolute Gasteiger partial charge is 0.472 e. The van der Waals surface area contributed by atoms with Gasteiger partial charge in [0.05, 0.1) is 5.92 Å². The summed E-state index contributed by atoms with van der Waals surface area (Å²) in [6.45, 7) is 1.69. The fourth-order valence-corrected chi connectivity index (χ4v) is 3.55. The van der Waals surface area contributed by atoms with E-state index in [1.807, 2.05) is 0 Å². The van der Waals surface area contributed by atoms with Crippen LogP contribution in [0.3, 0.4) is 0 Å². The van der Waals surface area contributed by atoms with Crippen molar-refractivity contribution in [2.45, 2.75) is 50.7 Å². The summed E-state index contributed by atoms with van der Waals surface area (Å²) in [5.41, 5.74) is 0. The molecule has 2 N–H and O–H groups in total. The summed E-state index contributed by atoms with van der Waals surface area (Å²) >= 11 is 0. The van der Waals surface area contributed by atoms with Crippen LogP contribution in [0, 0.1) is 5.92 Å². The zero-order valence-electron chi connectivity index (χ0n) is 12.3. The standard InChI is InChI=1S/C12H22FO7P/c1-4-10(18-2)12(19-3,20-21(15,16)17)8-6-5-7-9(13)11(8)14/h8-10H,4-7H2,1-3H3,(H2,15,16,17). The molecule has 0 aliphatic heterocycles. The highest BCUT2D eigenvalue weighted by molar-refractivity contribution is 7.46. The smallest absolute Gasteiger partial charge is 0.376 e. The van der Waals surface area contributed by atoms with E-state index in [4.69, 9.17) is 23.8 Å². The Labute approximate surface area is 123 Å². The van der Waals surface area contributed by atoms with Crippen LogP contribution in [0.5, 0.6) is 0 Å². The van der Waals surface area contributed by atoms with Gasteiger partial charge < -0.3 is 19.3 Å². The van der Waals surface area contributed by atoms with Crippen molar-refractivity contribution in [3.8, 4) is 0 Å². The summed E-state index contributed by atoms with van der Waals surface area (Å²) in [4.78, 5) is 30.4. The molecule has 21 heavy (non-hydrogen) atoms. The number of ketones is 1. The molecule has 1 saturated carbocycles. The molecule has 1 aliphatic rings. The van der Waals surface area contributed by atoms with E-state index in [0.29, 0.717) is 6.42 Å². The Balaban J connectivity index is 3.27. The number of hydrogen-bond donors (Lipinski definition) is 2. The number of rotatable bonds is 7. The molecule has 124 valence electrons. The summed E-state index contributed by atoms with van der Waals surface area (Å²) in [6.07, 6.45) is -1.64. The summed E-state index contributed by atoms with van der Waals surface area (Å²) in [5.74, 6) is -3.92. The first-order valence-corrected chi connectivity index (χ1v) is 8.26. The van der Waals surface area contributed by atoms with Gasteiger partial charge in [0, 0.05) is 14.2 Å². The van der Waals surface area contributed by atoms with Crippen molar-refractivity contribution in [3.05, 3.63) is 0 Å².